The van der Waals surface area contributed by atoms with Crippen LogP contribution in [0.5, 0.6) is 11.5 Å². The van der Waals surface area contributed by atoms with E-state index in [1.54, 1.807) is 13.2 Å². The quantitative estimate of drug-likeness (QED) is 0.310. The van der Waals surface area contributed by atoms with E-state index in [-0.39, 0.29) is 12.5 Å². The first kappa shape index (κ1) is 27.4. The Labute approximate surface area is 219 Å². The third-order valence-corrected chi connectivity index (χ3v) is 8.04. The van der Waals surface area contributed by atoms with Crippen LogP contribution in [0.1, 0.15) is 41.8 Å². The molecule has 0 amide bonds. The van der Waals surface area contributed by atoms with Crippen molar-refractivity contribution in [1.82, 2.24) is 4.98 Å². The van der Waals surface area contributed by atoms with Crippen LogP contribution in [0.25, 0.3) is 6.08 Å². The number of methoxy groups -OCH3 is 1. The molecule has 1 aromatic heterocycles. The largest absolute Gasteiger partial charge is 0.496 e. The minimum absolute atomic E-state index is 0.222. The van der Waals surface area contributed by atoms with Gasteiger partial charge >= 0.3 is 5.97 Å². The van der Waals surface area contributed by atoms with Gasteiger partial charge in [-0.1, -0.05) is 26.0 Å². The predicted octanol–water partition coefficient (Wildman–Crippen LogP) is 5.94. The van der Waals surface area contributed by atoms with E-state index < -0.39 is 17.0 Å². The zero-order chi connectivity index (χ0) is 26.4. The van der Waals surface area contributed by atoms with Crippen molar-refractivity contribution in [3.63, 3.8) is 0 Å². The Morgan fingerprint density at radius 3 is 2.50 bits per heavy atom. The molecule has 0 fully saturated rings. The van der Waals surface area contributed by atoms with Crippen molar-refractivity contribution in [3.05, 3.63) is 69.7 Å². The predicted molar refractivity (Wildman–Crippen MR) is 145 cm³/mol. The summed E-state index contributed by atoms with van der Waals surface area (Å²) >= 11 is 1.39. The Morgan fingerprint density at radius 2 is 1.89 bits per heavy atom. The molecule has 3 aromatic rings. The summed E-state index contributed by atoms with van der Waals surface area (Å²) in [5, 5.41) is 10.8. The van der Waals surface area contributed by atoms with E-state index in [4.69, 9.17) is 14.6 Å². The van der Waals surface area contributed by atoms with Gasteiger partial charge in [0.1, 0.15) is 18.1 Å². The summed E-state index contributed by atoms with van der Waals surface area (Å²) < 4.78 is 27.9. The molecule has 0 aliphatic rings. The Morgan fingerprint density at radius 1 is 1.17 bits per heavy atom. The van der Waals surface area contributed by atoms with E-state index >= 15 is 0 Å². The number of aromatic nitrogens is 1. The van der Waals surface area contributed by atoms with Gasteiger partial charge in [-0.3, -0.25) is 4.31 Å². The van der Waals surface area contributed by atoms with E-state index in [9.17, 15) is 9.00 Å². The van der Waals surface area contributed by atoms with E-state index in [2.05, 4.69) is 18.8 Å². The number of carboxylic acid groups (broad SMARTS) is 1. The molecule has 0 bridgehead atoms. The Hall–Kier alpha value is -3.17. The van der Waals surface area contributed by atoms with Crippen molar-refractivity contribution in [3.8, 4) is 11.5 Å². The number of rotatable bonds is 11. The number of hydrogen-bond donors (Lipinski definition) is 1. The second-order valence-electron chi connectivity index (χ2n) is 8.89. The number of carbonyl (C=O) groups is 1. The van der Waals surface area contributed by atoms with Crippen LogP contribution in [0.2, 0.25) is 0 Å². The molecule has 0 saturated carbocycles. The van der Waals surface area contributed by atoms with Crippen LogP contribution in [-0.2, 0) is 22.4 Å². The molecule has 0 radical (unpaired) electrons. The van der Waals surface area contributed by atoms with Gasteiger partial charge in [0, 0.05) is 29.3 Å². The first-order valence-electron chi connectivity index (χ1n) is 11.5. The molecule has 192 valence electrons. The molecular formula is C27H32N2O5S2. The lowest BCUT2D eigenvalue weighted by Crippen LogP contribution is -2.30. The van der Waals surface area contributed by atoms with Crippen molar-refractivity contribution in [2.24, 2.45) is 5.92 Å². The van der Waals surface area contributed by atoms with Crippen LogP contribution in [0.3, 0.4) is 0 Å². The minimum atomic E-state index is -1.48. The normalized spacial score (nSPS) is 12.2. The molecule has 1 unspecified atom stereocenters. The lowest BCUT2D eigenvalue weighted by Gasteiger charge is -2.27. The summed E-state index contributed by atoms with van der Waals surface area (Å²) in [4.78, 5) is 15.3. The first-order chi connectivity index (χ1) is 17.1. The zero-order valence-corrected chi connectivity index (χ0v) is 23.0. The SMILES string of the molecule is COc1cc(/C=C/C(=O)O)ccc1COc1cc(C)c(C)cc1N(CC(C)C)S(=O)c1nc(C)cs1. The van der Waals surface area contributed by atoms with Crippen LogP contribution in [0, 0.1) is 26.7 Å². The average Bonchev–Trinajstić information content (AvgIpc) is 3.27. The number of carboxylic acids is 1. The number of anilines is 1. The highest BCUT2D eigenvalue weighted by atomic mass is 32.2. The number of ether oxygens (including phenoxy) is 2. The van der Waals surface area contributed by atoms with Crippen LogP contribution in [-0.4, -0.2) is 33.9 Å². The van der Waals surface area contributed by atoms with Crippen molar-refractivity contribution < 1.29 is 23.6 Å². The Kier molecular flexibility index (Phi) is 9.28. The van der Waals surface area contributed by atoms with Crippen molar-refractivity contribution in [2.45, 2.75) is 45.6 Å². The third kappa shape index (κ3) is 6.95. The molecule has 0 aliphatic heterocycles. The fraction of sp³-hybridized carbons (Fsp3) is 0.333. The van der Waals surface area contributed by atoms with E-state index in [0.29, 0.717) is 27.9 Å². The van der Waals surface area contributed by atoms with Crippen molar-refractivity contribution >= 4 is 40.1 Å². The number of thiazole rings is 1. The van der Waals surface area contributed by atoms with Crippen molar-refractivity contribution in [1.29, 1.82) is 0 Å². The van der Waals surface area contributed by atoms with Gasteiger partial charge in [-0.05, 0) is 67.7 Å². The summed E-state index contributed by atoms with van der Waals surface area (Å²) in [6.45, 7) is 10.9. The maximum absolute atomic E-state index is 13.6. The highest BCUT2D eigenvalue weighted by molar-refractivity contribution is 7.88. The number of aryl methyl sites for hydroxylation is 3. The molecule has 1 atom stereocenters. The standard InChI is InChI=1S/C27H32N2O5S2/c1-17(2)14-29(36(32)27-28-20(5)16-35-27)23-11-18(3)19(4)12-25(23)34-15-22-9-7-21(8-10-26(30)31)13-24(22)33-6/h7-13,16-17H,14-15H2,1-6H3,(H,30,31)/b10-8+. The van der Waals surface area contributed by atoms with Gasteiger partial charge in [-0.15, -0.1) is 11.3 Å². The van der Waals surface area contributed by atoms with Gasteiger partial charge in [-0.25, -0.2) is 14.0 Å². The maximum atomic E-state index is 13.6. The van der Waals surface area contributed by atoms with E-state index in [0.717, 1.165) is 34.1 Å². The molecule has 3 rings (SSSR count). The van der Waals surface area contributed by atoms with Gasteiger partial charge in [0.25, 0.3) is 0 Å². The first-order valence-corrected chi connectivity index (χ1v) is 13.5. The summed E-state index contributed by atoms with van der Waals surface area (Å²) in [5.74, 6) is 0.460. The molecule has 0 spiro atoms. The molecule has 7 nitrogen and oxygen atoms in total. The second kappa shape index (κ2) is 12.2. The topological polar surface area (TPSA) is 89.0 Å². The number of benzene rings is 2. The lowest BCUT2D eigenvalue weighted by molar-refractivity contribution is -0.131. The molecule has 1 heterocycles. The van der Waals surface area contributed by atoms with Crippen LogP contribution >= 0.6 is 11.3 Å². The molecule has 1 N–H and O–H groups in total. The molecule has 2 aromatic carbocycles. The highest BCUT2D eigenvalue weighted by Crippen LogP contribution is 2.36. The van der Waals surface area contributed by atoms with Crippen LogP contribution in [0.15, 0.2) is 46.1 Å². The molecule has 0 saturated heterocycles. The van der Waals surface area contributed by atoms with Gasteiger partial charge in [-0.2, -0.15) is 0 Å². The number of aliphatic carboxylic acids is 1. The second-order valence-corrected chi connectivity index (χ2v) is 11.3. The van der Waals surface area contributed by atoms with Crippen LogP contribution in [0.4, 0.5) is 5.69 Å². The van der Waals surface area contributed by atoms with Gasteiger partial charge < -0.3 is 14.6 Å². The summed E-state index contributed by atoms with van der Waals surface area (Å²) in [5.41, 5.74) is 5.25. The summed E-state index contributed by atoms with van der Waals surface area (Å²) in [7, 11) is 0.0839. The average molecular weight is 529 g/mol. The van der Waals surface area contributed by atoms with E-state index in [1.807, 2.05) is 54.7 Å². The minimum Gasteiger partial charge on any atom is -0.496 e. The summed E-state index contributed by atoms with van der Waals surface area (Å²) in [6.07, 6.45) is 2.59. The molecular weight excluding hydrogens is 496 g/mol. The fourth-order valence-electron chi connectivity index (χ4n) is 3.49. The monoisotopic (exact) mass is 528 g/mol. The maximum Gasteiger partial charge on any atom is 0.328 e. The third-order valence-electron chi connectivity index (χ3n) is 5.44. The molecule has 36 heavy (non-hydrogen) atoms. The summed E-state index contributed by atoms with van der Waals surface area (Å²) in [6, 6.07) is 9.42. The molecule has 0 aliphatic carbocycles. The highest BCUT2D eigenvalue weighted by Gasteiger charge is 2.24. The van der Waals surface area contributed by atoms with Crippen molar-refractivity contribution in [2.75, 3.05) is 18.0 Å². The number of nitrogens with zero attached hydrogens (tertiary/aromatic N) is 2. The van der Waals surface area contributed by atoms with Gasteiger partial charge in [0.15, 0.2) is 11.0 Å². The molecule has 9 heteroatoms. The Bertz CT molecular complexity index is 1280. The van der Waals surface area contributed by atoms with E-state index in [1.165, 1.54) is 17.4 Å². The zero-order valence-electron chi connectivity index (χ0n) is 21.4. The van der Waals surface area contributed by atoms with Gasteiger partial charge in [0.05, 0.1) is 12.8 Å². The van der Waals surface area contributed by atoms with Gasteiger partial charge in [0.2, 0.25) is 4.34 Å². The number of hydrogen-bond acceptors (Lipinski definition) is 6. The lowest BCUT2D eigenvalue weighted by atomic mass is 10.1. The Balaban J connectivity index is 1.96. The van der Waals surface area contributed by atoms with Crippen LogP contribution < -0.4 is 13.8 Å². The fourth-order valence-corrected chi connectivity index (χ4v) is 5.92. The smallest absolute Gasteiger partial charge is 0.328 e.